The number of hydrogen-bond donors (Lipinski definition) is 0. The minimum atomic E-state index is 0.0752. The molecule has 190 valence electrons. The Labute approximate surface area is 233 Å². The first-order valence-corrected chi connectivity index (χ1v) is 15.1. The largest absolute Gasteiger partial charge is 0.497 e. The third-order valence-corrected chi connectivity index (χ3v) is 9.89. The predicted octanol–water partition coefficient (Wildman–Crippen LogP) is 9.12. The lowest BCUT2D eigenvalue weighted by Gasteiger charge is -2.33. The molecule has 0 aromatic heterocycles. The lowest BCUT2D eigenvalue weighted by atomic mass is 9.83. The van der Waals surface area contributed by atoms with E-state index in [1.165, 1.54) is 34.2 Å². The van der Waals surface area contributed by atoms with Crippen LogP contribution in [-0.4, -0.2) is 23.2 Å². The lowest BCUT2D eigenvalue weighted by Crippen LogP contribution is -2.19. The highest BCUT2D eigenvalue weighted by molar-refractivity contribution is 8.17. The molecule has 2 aliphatic rings. The number of rotatable bonds is 6. The van der Waals surface area contributed by atoms with Crippen molar-refractivity contribution in [3.8, 4) is 16.9 Å². The third-order valence-electron chi connectivity index (χ3n) is 6.99. The quantitative estimate of drug-likeness (QED) is 0.245. The lowest BCUT2D eigenvalue weighted by molar-refractivity contribution is 0.375. The van der Waals surface area contributed by atoms with E-state index in [1.54, 1.807) is 7.11 Å². The van der Waals surface area contributed by atoms with Crippen molar-refractivity contribution < 1.29 is 9.47 Å². The Morgan fingerprint density at radius 3 is 1.87 bits per heavy atom. The number of hydrogen-bond acceptors (Lipinski definition) is 4. The summed E-state index contributed by atoms with van der Waals surface area (Å²) in [7, 11) is 1.70. The van der Waals surface area contributed by atoms with Crippen molar-refractivity contribution >= 4 is 34.9 Å². The molecule has 0 saturated carbocycles. The molecule has 0 aliphatic carbocycles. The molecule has 2 heterocycles. The normalized spacial score (nSPS) is 18.0. The number of methoxy groups -OCH3 is 1. The topological polar surface area (TPSA) is 18.5 Å². The van der Waals surface area contributed by atoms with Crippen LogP contribution in [0, 0.1) is 0 Å². The molecule has 1 fully saturated rings. The minimum absolute atomic E-state index is 0.0752. The zero-order chi connectivity index (χ0) is 25.7. The second-order valence-corrected chi connectivity index (χ2v) is 12.1. The Morgan fingerprint density at radius 2 is 1.24 bits per heavy atom. The molecule has 6 rings (SSSR count). The molecule has 38 heavy (non-hydrogen) atoms. The van der Waals surface area contributed by atoms with Gasteiger partial charge in [0.25, 0.3) is 0 Å². The molecular formula is C34H30O2S2. The van der Waals surface area contributed by atoms with E-state index in [2.05, 4.69) is 103 Å². The summed E-state index contributed by atoms with van der Waals surface area (Å²) >= 11 is 4.00. The van der Waals surface area contributed by atoms with E-state index >= 15 is 0 Å². The van der Waals surface area contributed by atoms with Gasteiger partial charge in [0.05, 0.1) is 7.11 Å². The minimum Gasteiger partial charge on any atom is -0.497 e. The van der Waals surface area contributed by atoms with Gasteiger partial charge in [0, 0.05) is 17.1 Å². The SMILES string of the molecule is COc1ccc(C2=CC(c3ccc(-c4ccccc4)cc3)C(c3ccccc3)=C(C3SCCCS3)O2)cc1. The maximum absolute atomic E-state index is 6.86. The standard InChI is InChI=1S/C34H30O2S2/c1-35-29-19-17-27(18-20-29)31-23-30(26-15-13-25(14-16-26)24-9-4-2-5-10-24)32(28-11-6-3-7-12-28)33(36-31)34-37-21-8-22-38-34/h2-7,9-20,23,30,34H,8,21-22H2,1H3. The summed E-state index contributed by atoms with van der Waals surface area (Å²) < 4.78 is 12.5. The summed E-state index contributed by atoms with van der Waals surface area (Å²) in [5, 5.41) is 0. The van der Waals surface area contributed by atoms with Crippen molar-refractivity contribution in [2.45, 2.75) is 16.9 Å². The van der Waals surface area contributed by atoms with E-state index < -0.39 is 0 Å². The Bertz CT molecular complexity index is 1420. The zero-order valence-electron chi connectivity index (χ0n) is 21.4. The van der Waals surface area contributed by atoms with E-state index in [4.69, 9.17) is 9.47 Å². The van der Waals surface area contributed by atoms with Gasteiger partial charge in [0.1, 0.15) is 21.8 Å². The van der Waals surface area contributed by atoms with Crippen LogP contribution < -0.4 is 4.74 Å². The van der Waals surface area contributed by atoms with Gasteiger partial charge in [-0.25, -0.2) is 0 Å². The van der Waals surface area contributed by atoms with Crippen molar-refractivity contribution in [2.75, 3.05) is 18.6 Å². The monoisotopic (exact) mass is 534 g/mol. The van der Waals surface area contributed by atoms with E-state index in [-0.39, 0.29) is 10.5 Å². The van der Waals surface area contributed by atoms with E-state index in [9.17, 15) is 0 Å². The Balaban J connectivity index is 1.48. The smallest absolute Gasteiger partial charge is 0.132 e. The van der Waals surface area contributed by atoms with Crippen LogP contribution in [0.15, 0.2) is 121 Å². The highest BCUT2D eigenvalue weighted by Gasteiger charge is 2.33. The molecule has 2 nitrogen and oxygen atoms in total. The molecule has 1 saturated heterocycles. The maximum Gasteiger partial charge on any atom is 0.132 e. The Kier molecular flexibility index (Phi) is 7.61. The summed E-state index contributed by atoms with van der Waals surface area (Å²) in [6, 6.07) is 38.6. The van der Waals surface area contributed by atoms with E-state index in [1.807, 2.05) is 35.7 Å². The molecule has 0 radical (unpaired) electrons. The van der Waals surface area contributed by atoms with E-state index in [0.29, 0.717) is 0 Å². The number of benzene rings is 4. The highest BCUT2D eigenvalue weighted by atomic mass is 32.2. The molecular weight excluding hydrogens is 505 g/mol. The van der Waals surface area contributed by atoms with Crippen LogP contribution in [0.2, 0.25) is 0 Å². The van der Waals surface area contributed by atoms with Crippen LogP contribution in [0.25, 0.3) is 22.5 Å². The molecule has 0 spiro atoms. The molecule has 4 aromatic rings. The molecule has 4 aromatic carbocycles. The van der Waals surface area contributed by atoms with Gasteiger partial charge >= 0.3 is 0 Å². The van der Waals surface area contributed by atoms with Crippen molar-refractivity contribution in [2.24, 2.45) is 0 Å². The fraction of sp³-hybridized carbons (Fsp3) is 0.176. The first-order chi connectivity index (χ1) is 18.8. The fourth-order valence-corrected chi connectivity index (χ4v) is 7.88. The van der Waals surface area contributed by atoms with E-state index in [0.717, 1.165) is 34.3 Å². The molecule has 0 amide bonds. The van der Waals surface area contributed by atoms with Crippen molar-refractivity contribution in [1.82, 2.24) is 0 Å². The second kappa shape index (κ2) is 11.6. The molecule has 1 unspecified atom stereocenters. The van der Waals surface area contributed by atoms with Gasteiger partial charge in [-0.2, -0.15) is 0 Å². The number of thioether (sulfide) groups is 2. The summed E-state index contributed by atoms with van der Waals surface area (Å²) in [4.78, 5) is 0. The van der Waals surface area contributed by atoms with Crippen molar-refractivity contribution in [1.29, 1.82) is 0 Å². The summed E-state index contributed by atoms with van der Waals surface area (Å²) in [5.74, 6) is 5.22. The van der Waals surface area contributed by atoms with Crippen molar-refractivity contribution in [3.05, 3.63) is 138 Å². The Hall–Kier alpha value is -3.34. The van der Waals surface area contributed by atoms with Crippen LogP contribution in [0.3, 0.4) is 0 Å². The number of allylic oxidation sites excluding steroid dienone is 2. The van der Waals surface area contributed by atoms with Crippen LogP contribution in [-0.2, 0) is 4.74 Å². The Morgan fingerprint density at radius 1 is 0.658 bits per heavy atom. The average molecular weight is 535 g/mol. The van der Waals surface area contributed by atoms with Crippen molar-refractivity contribution in [3.63, 3.8) is 0 Å². The molecule has 1 atom stereocenters. The molecule has 0 bridgehead atoms. The summed E-state index contributed by atoms with van der Waals surface area (Å²) in [6.45, 7) is 0. The number of ether oxygens (including phenoxy) is 2. The maximum atomic E-state index is 6.86. The predicted molar refractivity (Wildman–Crippen MR) is 163 cm³/mol. The van der Waals surface area contributed by atoms with Gasteiger partial charge in [-0.1, -0.05) is 84.9 Å². The molecule has 2 aliphatic heterocycles. The third kappa shape index (κ3) is 5.29. The van der Waals surface area contributed by atoms with Gasteiger partial charge in [-0.15, -0.1) is 23.5 Å². The molecule has 4 heteroatoms. The first kappa shape index (κ1) is 25.0. The first-order valence-electron chi connectivity index (χ1n) is 13.0. The van der Waals surface area contributed by atoms with Crippen LogP contribution >= 0.6 is 23.5 Å². The van der Waals surface area contributed by atoms with Crippen LogP contribution in [0.5, 0.6) is 5.75 Å². The van der Waals surface area contributed by atoms with Gasteiger partial charge in [-0.05, 0) is 70.5 Å². The van der Waals surface area contributed by atoms with Crippen LogP contribution in [0.4, 0.5) is 0 Å². The molecule has 0 N–H and O–H groups in total. The fourth-order valence-electron chi connectivity index (χ4n) is 5.04. The summed E-state index contributed by atoms with van der Waals surface area (Å²) in [5.41, 5.74) is 7.27. The van der Waals surface area contributed by atoms with Crippen LogP contribution in [0.1, 0.15) is 29.0 Å². The van der Waals surface area contributed by atoms with Gasteiger partial charge < -0.3 is 9.47 Å². The highest BCUT2D eigenvalue weighted by Crippen LogP contribution is 2.49. The second-order valence-electron chi connectivity index (χ2n) is 9.40. The van der Waals surface area contributed by atoms with Gasteiger partial charge in [0.15, 0.2) is 0 Å². The average Bonchev–Trinajstić information content (AvgIpc) is 3.02. The van der Waals surface area contributed by atoms with Gasteiger partial charge in [0.2, 0.25) is 0 Å². The van der Waals surface area contributed by atoms with Gasteiger partial charge in [-0.3, -0.25) is 0 Å². The summed E-state index contributed by atoms with van der Waals surface area (Å²) in [6.07, 6.45) is 3.54. The zero-order valence-corrected chi connectivity index (χ0v) is 23.0.